The highest BCUT2D eigenvalue weighted by molar-refractivity contribution is 6.22. The maximum absolute atomic E-state index is 11.9. The van der Waals surface area contributed by atoms with Crippen LogP contribution in [0.2, 0.25) is 0 Å². The lowest BCUT2D eigenvalue weighted by molar-refractivity contribution is -0.120. The molecule has 1 amide bonds. The van der Waals surface area contributed by atoms with E-state index in [1.54, 1.807) is 6.08 Å². The first-order chi connectivity index (χ1) is 10.4. The van der Waals surface area contributed by atoms with E-state index >= 15 is 0 Å². The van der Waals surface area contributed by atoms with Gasteiger partial charge in [-0.15, -0.1) is 0 Å². The summed E-state index contributed by atoms with van der Waals surface area (Å²) in [5.41, 5.74) is 4.62. The first kappa shape index (κ1) is 15.7. The second-order valence-electron chi connectivity index (χ2n) is 5.18. The van der Waals surface area contributed by atoms with Crippen LogP contribution in [0.1, 0.15) is 19.4 Å². The molecule has 2 rings (SSSR count). The van der Waals surface area contributed by atoms with Crippen LogP contribution in [-0.2, 0) is 9.59 Å². The van der Waals surface area contributed by atoms with E-state index < -0.39 is 0 Å². The maximum Gasteiger partial charge on any atom is 0.221 e. The zero-order valence-corrected chi connectivity index (χ0v) is 13.2. The van der Waals surface area contributed by atoms with Crippen molar-refractivity contribution in [3.05, 3.63) is 47.2 Å². The minimum absolute atomic E-state index is 0.214. The van der Waals surface area contributed by atoms with Crippen LogP contribution in [-0.4, -0.2) is 24.4 Å². The Morgan fingerprint density at radius 1 is 1.18 bits per heavy atom. The smallest absolute Gasteiger partial charge is 0.221 e. The number of amides is 1. The van der Waals surface area contributed by atoms with Crippen molar-refractivity contribution in [2.75, 3.05) is 12.4 Å². The van der Waals surface area contributed by atoms with Crippen LogP contribution in [0.3, 0.4) is 0 Å². The van der Waals surface area contributed by atoms with Crippen molar-refractivity contribution in [3.63, 3.8) is 0 Å². The van der Waals surface area contributed by atoms with Crippen LogP contribution in [0.4, 0.5) is 11.4 Å². The average molecular weight is 297 g/mol. The summed E-state index contributed by atoms with van der Waals surface area (Å²) in [6.45, 7) is 5.20. The zero-order chi connectivity index (χ0) is 16.3. The quantitative estimate of drug-likeness (QED) is 0.843. The summed E-state index contributed by atoms with van der Waals surface area (Å²) in [7, 11) is 1.87. The number of ketones is 1. The molecule has 22 heavy (non-hydrogen) atoms. The molecule has 1 aliphatic rings. The fourth-order valence-electron chi connectivity index (χ4n) is 2.21. The first-order valence-corrected chi connectivity index (χ1v) is 7.00. The van der Waals surface area contributed by atoms with Gasteiger partial charge in [0.15, 0.2) is 0 Å². The number of carbonyl (C=O) groups excluding carboxylic acids is 2. The number of rotatable bonds is 3. The number of anilines is 1. The number of aryl methyl sites for hydroxylation is 1. The number of hydrogen-bond acceptors (Lipinski definition) is 4. The highest BCUT2D eigenvalue weighted by Gasteiger charge is 2.17. The van der Waals surface area contributed by atoms with Gasteiger partial charge in [-0.1, -0.05) is 0 Å². The summed E-state index contributed by atoms with van der Waals surface area (Å²) < 4.78 is 0. The fourth-order valence-corrected chi connectivity index (χ4v) is 2.21. The Labute approximate surface area is 129 Å². The van der Waals surface area contributed by atoms with Crippen molar-refractivity contribution in [3.8, 4) is 0 Å². The van der Waals surface area contributed by atoms with E-state index in [0.29, 0.717) is 5.71 Å². The van der Waals surface area contributed by atoms with Crippen molar-refractivity contribution in [1.82, 2.24) is 5.32 Å². The lowest BCUT2D eigenvalue weighted by Crippen LogP contribution is -2.27. The number of nitrogens with zero attached hydrogens (tertiary/aromatic N) is 1. The van der Waals surface area contributed by atoms with Gasteiger partial charge in [-0.2, -0.15) is 0 Å². The lowest BCUT2D eigenvalue weighted by Gasteiger charge is -2.13. The molecular weight excluding hydrogens is 278 g/mol. The Balaban J connectivity index is 2.38. The zero-order valence-electron chi connectivity index (χ0n) is 13.2. The van der Waals surface area contributed by atoms with E-state index in [9.17, 15) is 9.59 Å². The van der Waals surface area contributed by atoms with Crippen molar-refractivity contribution in [2.45, 2.75) is 20.8 Å². The van der Waals surface area contributed by atoms with E-state index in [4.69, 9.17) is 0 Å². The molecule has 114 valence electrons. The van der Waals surface area contributed by atoms with Crippen molar-refractivity contribution < 1.29 is 9.59 Å². The van der Waals surface area contributed by atoms with Gasteiger partial charge < -0.3 is 10.6 Å². The standard InChI is InChI=1S/C17H19N3O2/c1-10-7-13(5-6-14(10)18-4)20-15-9-16(19-12(3)21)17(22)8-11(15)2/h5-9,18H,1-4H3,(H,19,21). The highest BCUT2D eigenvalue weighted by atomic mass is 16.2. The average Bonchev–Trinajstić information content (AvgIpc) is 2.44. The predicted molar refractivity (Wildman–Crippen MR) is 88.5 cm³/mol. The Hall–Kier alpha value is -2.69. The molecule has 2 N–H and O–H groups in total. The molecule has 1 aromatic carbocycles. The van der Waals surface area contributed by atoms with Crippen LogP contribution < -0.4 is 10.6 Å². The van der Waals surface area contributed by atoms with Gasteiger partial charge in [-0.25, -0.2) is 4.99 Å². The summed E-state index contributed by atoms with van der Waals surface area (Å²) in [5, 5.41) is 5.64. The van der Waals surface area contributed by atoms with E-state index in [1.165, 1.54) is 13.0 Å². The Kier molecular flexibility index (Phi) is 4.56. The monoisotopic (exact) mass is 297 g/mol. The molecule has 0 atom stereocenters. The number of allylic oxidation sites excluding steroid dienone is 3. The molecule has 0 aliphatic heterocycles. The normalized spacial score (nSPS) is 16.2. The summed E-state index contributed by atoms with van der Waals surface area (Å²) in [6, 6.07) is 5.83. The Bertz CT molecular complexity index is 727. The largest absolute Gasteiger partial charge is 0.388 e. The lowest BCUT2D eigenvalue weighted by atomic mass is 10.0. The molecule has 0 spiro atoms. The van der Waals surface area contributed by atoms with Gasteiger partial charge in [-0.3, -0.25) is 9.59 Å². The number of benzene rings is 1. The molecule has 1 aliphatic carbocycles. The van der Waals surface area contributed by atoms with Gasteiger partial charge in [0, 0.05) is 19.7 Å². The van der Waals surface area contributed by atoms with E-state index in [1.807, 2.05) is 39.1 Å². The third kappa shape index (κ3) is 3.49. The first-order valence-electron chi connectivity index (χ1n) is 7.00. The molecule has 5 nitrogen and oxygen atoms in total. The molecule has 0 aromatic heterocycles. The molecule has 1 aromatic rings. The molecule has 0 unspecified atom stereocenters. The SMILES string of the molecule is CNc1ccc(N=C2C=C(NC(C)=O)C(=O)C=C2C)cc1C. The number of carbonyl (C=O) groups is 2. The second kappa shape index (κ2) is 6.39. The molecule has 0 radical (unpaired) electrons. The Morgan fingerprint density at radius 3 is 2.50 bits per heavy atom. The topological polar surface area (TPSA) is 70.6 Å². The minimum atomic E-state index is -0.277. The third-order valence-corrected chi connectivity index (χ3v) is 3.34. The number of aliphatic imine (C=N–C) groups is 1. The van der Waals surface area contributed by atoms with Crippen LogP contribution in [0.15, 0.2) is 46.6 Å². The van der Waals surface area contributed by atoms with Gasteiger partial charge in [0.2, 0.25) is 11.7 Å². The van der Waals surface area contributed by atoms with E-state index in [-0.39, 0.29) is 17.4 Å². The van der Waals surface area contributed by atoms with Gasteiger partial charge in [0.1, 0.15) is 0 Å². The minimum Gasteiger partial charge on any atom is -0.388 e. The van der Waals surface area contributed by atoms with Crippen LogP contribution in [0.5, 0.6) is 0 Å². The Morgan fingerprint density at radius 2 is 1.91 bits per heavy atom. The summed E-state index contributed by atoms with van der Waals surface area (Å²) >= 11 is 0. The molecular formula is C17H19N3O2. The summed E-state index contributed by atoms with van der Waals surface area (Å²) in [6.07, 6.45) is 3.10. The van der Waals surface area contributed by atoms with Gasteiger partial charge >= 0.3 is 0 Å². The van der Waals surface area contributed by atoms with Crippen molar-refractivity contribution in [2.24, 2.45) is 4.99 Å². The van der Waals surface area contributed by atoms with Crippen molar-refractivity contribution in [1.29, 1.82) is 0 Å². The van der Waals surface area contributed by atoms with Gasteiger partial charge in [0.25, 0.3) is 0 Å². The van der Waals surface area contributed by atoms with Gasteiger partial charge in [-0.05, 0) is 55.3 Å². The molecule has 0 heterocycles. The second-order valence-corrected chi connectivity index (χ2v) is 5.18. The maximum atomic E-state index is 11.9. The molecule has 0 saturated heterocycles. The van der Waals surface area contributed by atoms with Crippen LogP contribution in [0.25, 0.3) is 0 Å². The third-order valence-electron chi connectivity index (χ3n) is 3.34. The van der Waals surface area contributed by atoms with Crippen molar-refractivity contribution >= 4 is 28.8 Å². The number of hydrogen-bond donors (Lipinski definition) is 2. The van der Waals surface area contributed by atoms with Crippen LogP contribution in [0, 0.1) is 6.92 Å². The summed E-state index contributed by atoms with van der Waals surface area (Å²) in [5.74, 6) is -0.491. The van der Waals surface area contributed by atoms with E-state index in [0.717, 1.165) is 22.5 Å². The highest BCUT2D eigenvalue weighted by Crippen LogP contribution is 2.23. The van der Waals surface area contributed by atoms with Crippen LogP contribution >= 0.6 is 0 Å². The molecule has 0 fully saturated rings. The predicted octanol–water partition coefficient (Wildman–Crippen LogP) is 2.66. The fraction of sp³-hybridized carbons (Fsp3) is 0.235. The molecule has 5 heteroatoms. The molecule has 0 bridgehead atoms. The molecule has 0 saturated carbocycles. The summed E-state index contributed by atoms with van der Waals surface area (Å²) in [4.78, 5) is 27.6. The number of nitrogens with one attached hydrogen (secondary N) is 2. The van der Waals surface area contributed by atoms with Gasteiger partial charge in [0.05, 0.1) is 17.1 Å². The van der Waals surface area contributed by atoms with E-state index in [2.05, 4.69) is 15.6 Å².